The fourth-order valence-electron chi connectivity index (χ4n) is 2.11. The molecule has 110 valence electrons. The van der Waals surface area contributed by atoms with Gasteiger partial charge in [0.1, 0.15) is 0 Å². The highest BCUT2D eigenvalue weighted by atomic mass is 16.5. The van der Waals surface area contributed by atoms with Crippen LogP contribution in [0.3, 0.4) is 0 Å². The monoisotopic (exact) mass is 288 g/mol. The Labute approximate surface area is 122 Å². The zero-order valence-electron chi connectivity index (χ0n) is 11.4. The van der Waals surface area contributed by atoms with Crippen molar-refractivity contribution in [2.45, 2.75) is 12.5 Å². The Bertz CT molecular complexity index is 579. The molecule has 1 aliphatic heterocycles. The summed E-state index contributed by atoms with van der Waals surface area (Å²) < 4.78 is 5.33. The van der Waals surface area contributed by atoms with Crippen molar-refractivity contribution in [1.29, 1.82) is 0 Å². The van der Waals surface area contributed by atoms with Crippen molar-refractivity contribution in [1.82, 2.24) is 4.90 Å². The predicted octanol–water partition coefficient (Wildman–Crippen LogP) is 1.38. The number of aliphatic carboxylic acids is 1. The first-order valence-electron chi connectivity index (χ1n) is 6.54. The fourth-order valence-corrected chi connectivity index (χ4v) is 2.11. The van der Waals surface area contributed by atoms with E-state index in [0.717, 1.165) is 0 Å². The quantitative estimate of drug-likeness (QED) is 0.823. The van der Waals surface area contributed by atoms with Gasteiger partial charge in [-0.3, -0.25) is 4.79 Å². The highest BCUT2D eigenvalue weighted by Gasteiger charge is 2.25. The number of amides is 2. The number of hydrogen-bond donors (Lipinski definition) is 2. The summed E-state index contributed by atoms with van der Waals surface area (Å²) in [5.74, 6) is 1.56. The van der Waals surface area contributed by atoms with E-state index < -0.39 is 12.1 Å². The van der Waals surface area contributed by atoms with Crippen LogP contribution in [0.5, 0.6) is 0 Å². The van der Waals surface area contributed by atoms with E-state index in [1.165, 1.54) is 0 Å². The van der Waals surface area contributed by atoms with E-state index in [-0.39, 0.29) is 19.0 Å². The number of anilines is 1. The number of hydrogen-bond acceptors (Lipinski definition) is 3. The van der Waals surface area contributed by atoms with Gasteiger partial charge in [0, 0.05) is 24.3 Å². The van der Waals surface area contributed by atoms with Crippen LogP contribution in [-0.4, -0.2) is 47.8 Å². The number of carboxylic acid groups (broad SMARTS) is 1. The van der Waals surface area contributed by atoms with Gasteiger partial charge in [0.05, 0.1) is 19.1 Å². The second-order valence-electron chi connectivity index (χ2n) is 4.69. The Morgan fingerprint density at radius 1 is 1.52 bits per heavy atom. The first-order chi connectivity index (χ1) is 10.1. The first kappa shape index (κ1) is 14.9. The molecule has 21 heavy (non-hydrogen) atoms. The van der Waals surface area contributed by atoms with E-state index in [1.807, 2.05) is 0 Å². The van der Waals surface area contributed by atoms with E-state index in [9.17, 15) is 9.59 Å². The lowest BCUT2D eigenvalue weighted by molar-refractivity contribution is -0.141. The Hall–Kier alpha value is -2.52. The zero-order chi connectivity index (χ0) is 15.2. The number of carbonyl (C=O) groups is 2. The average Bonchev–Trinajstić information content (AvgIpc) is 2.47. The van der Waals surface area contributed by atoms with Crippen LogP contribution in [0.15, 0.2) is 24.3 Å². The van der Waals surface area contributed by atoms with Crippen LogP contribution < -0.4 is 5.32 Å². The number of urea groups is 1. The van der Waals surface area contributed by atoms with E-state index >= 15 is 0 Å². The van der Waals surface area contributed by atoms with Gasteiger partial charge in [0.25, 0.3) is 0 Å². The molecule has 0 spiro atoms. The van der Waals surface area contributed by atoms with Crippen LogP contribution in [-0.2, 0) is 9.53 Å². The molecule has 0 aliphatic carbocycles. The second-order valence-corrected chi connectivity index (χ2v) is 4.69. The second kappa shape index (κ2) is 6.77. The topological polar surface area (TPSA) is 78.9 Å². The molecule has 0 bridgehead atoms. The van der Waals surface area contributed by atoms with Gasteiger partial charge in [-0.15, -0.1) is 6.42 Å². The van der Waals surface area contributed by atoms with Crippen molar-refractivity contribution in [3.8, 4) is 12.3 Å². The largest absolute Gasteiger partial charge is 0.481 e. The molecule has 1 aromatic rings. The maximum absolute atomic E-state index is 12.2. The van der Waals surface area contributed by atoms with E-state index in [0.29, 0.717) is 24.4 Å². The number of ether oxygens (including phenoxy) is 1. The fraction of sp³-hybridized carbons (Fsp3) is 0.333. The summed E-state index contributed by atoms with van der Waals surface area (Å²) >= 11 is 0. The van der Waals surface area contributed by atoms with Crippen molar-refractivity contribution >= 4 is 17.7 Å². The maximum atomic E-state index is 12.2. The lowest BCUT2D eigenvalue weighted by Gasteiger charge is -2.32. The van der Waals surface area contributed by atoms with Crippen molar-refractivity contribution in [3.05, 3.63) is 29.8 Å². The summed E-state index contributed by atoms with van der Waals surface area (Å²) in [5.41, 5.74) is 1.29. The average molecular weight is 288 g/mol. The van der Waals surface area contributed by atoms with Gasteiger partial charge in [0.15, 0.2) is 0 Å². The Morgan fingerprint density at radius 2 is 2.33 bits per heavy atom. The minimum absolute atomic E-state index is 0.115. The summed E-state index contributed by atoms with van der Waals surface area (Å²) in [4.78, 5) is 24.4. The molecule has 6 heteroatoms. The Balaban J connectivity index is 1.96. The Kier molecular flexibility index (Phi) is 4.80. The van der Waals surface area contributed by atoms with Gasteiger partial charge in [-0.25, -0.2) is 4.79 Å². The molecule has 0 saturated carbocycles. The van der Waals surface area contributed by atoms with Gasteiger partial charge < -0.3 is 20.1 Å². The lowest BCUT2D eigenvalue weighted by Crippen LogP contribution is -2.47. The normalized spacial score (nSPS) is 17.9. The van der Waals surface area contributed by atoms with Crippen molar-refractivity contribution in [2.75, 3.05) is 25.0 Å². The maximum Gasteiger partial charge on any atom is 0.322 e. The molecule has 2 amide bonds. The molecule has 1 saturated heterocycles. The first-order valence-corrected chi connectivity index (χ1v) is 6.54. The molecule has 6 nitrogen and oxygen atoms in total. The molecule has 2 rings (SSSR count). The summed E-state index contributed by atoms with van der Waals surface area (Å²) in [7, 11) is 0. The molecule has 1 aliphatic rings. The molecular weight excluding hydrogens is 272 g/mol. The summed E-state index contributed by atoms with van der Waals surface area (Å²) in [6, 6.07) is 6.69. The van der Waals surface area contributed by atoms with Crippen LogP contribution in [0, 0.1) is 12.3 Å². The minimum atomic E-state index is -0.941. The zero-order valence-corrected chi connectivity index (χ0v) is 11.4. The number of nitrogens with one attached hydrogen (secondary N) is 1. The smallest absolute Gasteiger partial charge is 0.322 e. The van der Waals surface area contributed by atoms with E-state index in [1.54, 1.807) is 29.2 Å². The molecule has 1 heterocycles. The number of carboxylic acids is 1. The van der Waals surface area contributed by atoms with E-state index in [2.05, 4.69) is 11.2 Å². The van der Waals surface area contributed by atoms with Gasteiger partial charge in [-0.1, -0.05) is 12.0 Å². The third-order valence-electron chi connectivity index (χ3n) is 3.11. The number of nitrogens with zero attached hydrogens (tertiary/aromatic N) is 1. The van der Waals surface area contributed by atoms with Crippen molar-refractivity contribution < 1.29 is 19.4 Å². The molecule has 2 N–H and O–H groups in total. The SMILES string of the molecule is C#Cc1cccc(NC(=O)N2CCOC(CC(=O)O)C2)c1. The molecule has 1 fully saturated rings. The van der Waals surface area contributed by atoms with Crippen LogP contribution in [0.25, 0.3) is 0 Å². The van der Waals surface area contributed by atoms with Gasteiger partial charge >= 0.3 is 12.0 Å². The molecular formula is C15H16N2O4. The third kappa shape index (κ3) is 4.23. The molecule has 1 aromatic carbocycles. The third-order valence-corrected chi connectivity index (χ3v) is 3.11. The molecule has 1 atom stereocenters. The van der Waals surface area contributed by atoms with Crippen molar-refractivity contribution in [3.63, 3.8) is 0 Å². The predicted molar refractivity (Wildman–Crippen MR) is 77.0 cm³/mol. The van der Waals surface area contributed by atoms with Crippen LogP contribution >= 0.6 is 0 Å². The number of benzene rings is 1. The number of carbonyl (C=O) groups excluding carboxylic acids is 1. The van der Waals surface area contributed by atoms with Gasteiger partial charge in [0.2, 0.25) is 0 Å². The summed E-state index contributed by atoms with van der Waals surface area (Å²) in [6.07, 6.45) is 4.72. The highest BCUT2D eigenvalue weighted by molar-refractivity contribution is 5.89. The van der Waals surface area contributed by atoms with Crippen LogP contribution in [0.1, 0.15) is 12.0 Å². The van der Waals surface area contributed by atoms with E-state index in [4.69, 9.17) is 16.3 Å². The number of rotatable bonds is 3. The number of terminal acetylenes is 1. The molecule has 0 aromatic heterocycles. The number of morpholine rings is 1. The van der Waals surface area contributed by atoms with Gasteiger partial charge in [-0.2, -0.15) is 0 Å². The lowest BCUT2D eigenvalue weighted by atomic mass is 10.2. The van der Waals surface area contributed by atoms with Crippen molar-refractivity contribution in [2.24, 2.45) is 0 Å². The minimum Gasteiger partial charge on any atom is -0.481 e. The van der Waals surface area contributed by atoms with Crippen LogP contribution in [0.2, 0.25) is 0 Å². The molecule has 1 unspecified atom stereocenters. The summed E-state index contributed by atoms with van der Waals surface area (Å²) in [5, 5.41) is 11.5. The molecule has 0 radical (unpaired) electrons. The standard InChI is InChI=1S/C15H16N2O4/c1-2-11-4-3-5-12(8-11)16-15(20)17-6-7-21-13(10-17)9-14(18)19/h1,3-5,8,13H,6-7,9-10H2,(H,16,20)(H,18,19). The van der Waals surface area contributed by atoms with Crippen LogP contribution in [0.4, 0.5) is 10.5 Å². The highest BCUT2D eigenvalue weighted by Crippen LogP contribution is 2.13. The summed E-state index contributed by atoms with van der Waals surface area (Å²) in [6.45, 7) is 1.01. The Morgan fingerprint density at radius 3 is 3.05 bits per heavy atom. The van der Waals surface area contributed by atoms with Gasteiger partial charge in [-0.05, 0) is 18.2 Å².